The fourth-order valence-electron chi connectivity index (χ4n) is 3.76. The highest BCUT2D eigenvalue weighted by molar-refractivity contribution is 5.96. The molecule has 2 aromatic carbocycles. The Morgan fingerprint density at radius 2 is 1.87 bits per heavy atom. The van der Waals surface area contributed by atoms with Crippen LogP contribution in [0.15, 0.2) is 54.6 Å². The molecule has 1 saturated heterocycles. The number of hydrogen-bond acceptors (Lipinski definition) is 4. The first-order valence-corrected chi connectivity index (χ1v) is 10.3. The van der Waals surface area contributed by atoms with E-state index in [1.54, 1.807) is 11.0 Å². The fraction of sp³-hybridized carbons (Fsp3) is 0.292. The number of aliphatic hydroxyl groups is 1. The molecule has 0 aliphatic carbocycles. The van der Waals surface area contributed by atoms with Gasteiger partial charge >= 0.3 is 0 Å². The van der Waals surface area contributed by atoms with Gasteiger partial charge < -0.3 is 14.9 Å². The maximum absolute atomic E-state index is 13.0. The first-order valence-electron chi connectivity index (χ1n) is 10.3. The first-order chi connectivity index (χ1) is 14.9. The summed E-state index contributed by atoms with van der Waals surface area (Å²) in [5.74, 6) is -0.542. The summed E-state index contributed by atoms with van der Waals surface area (Å²) in [4.78, 5) is 28.8. The highest BCUT2D eigenvalue weighted by Gasteiger charge is 2.30. The summed E-state index contributed by atoms with van der Waals surface area (Å²) in [7, 11) is 0. The smallest absolute Gasteiger partial charge is 0.272 e. The third-order valence-corrected chi connectivity index (χ3v) is 5.66. The molecule has 7 heteroatoms. The van der Waals surface area contributed by atoms with Crippen LogP contribution in [0.25, 0.3) is 11.3 Å². The lowest BCUT2D eigenvalue weighted by Crippen LogP contribution is -2.39. The Morgan fingerprint density at radius 1 is 1.10 bits per heavy atom. The molecule has 2 amide bonds. The zero-order valence-corrected chi connectivity index (χ0v) is 17.7. The number of aliphatic hydroxyl groups excluding tert-OH is 1. The van der Waals surface area contributed by atoms with Crippen LogP contribution in [-0.2, 0) is 11.3 Å². The van der Waals surface area contributed by atoms with Gasteiger partial charge in [-0.3, -0.25) is 14.7 Å². The van der Waals surface area contributed by atoms with Gasteiger partial charge in [0, 0.05) is 25.2 Å². The van der Waals surface area contributed by atoms with Crippen molar-refractivity contribution in [2.45, 2.75) is 26.5 Å². The molecule has 2 heterocycles. The van der Waals surface area contributed by atoms with Crippen LogP contribution in [0.2, 0.25) is 0 Å². The van der Waals surface area contributed by atoms with Crippen LogP contribution in [0, 0.1) is 13.8 Å². The van der Waals surface area contributed by atoms with Crippen LogP contribution in [0.3, 0.4) is 0 Å². The number of carbonyl (C=O) groups is 2. The van der Waals surface area contributed by atoms with Gasteiger partial charge in [0.25, 0.3) is 5.91 Å². The molecule has 0 saturated carbocycles. The van der Waals surface area contributed by atoms with E-state index in [1.165, 1.54) is 10.5 Å². The number of rotatable bonds is 4. The molecular formula is C24H26N4O3. The summed E-state index contributed by atoms with van der Waals surface area (Å²) in [6.07, 6.45) is -0.818. The summed E-state index contributed by atoms with van der Waals surface area (Å²) in [5, 5.41) is 17.5. The Hall–Kier alpha value is -3.45. The number of H-pyrrole nitrogens is 1. The Labute approximate surface area is 181 Å². The maximum Gasteiger partial charge on any atom is 0.272 e. The molecule has 0 bridgehead atoms. The molecule has 1 aliphatic rings. The number of hydrogen-bond donors (Lipinski definition) is 2. The fourth-order valence-corrected chi connectivity index (χ4v) is 3.76. The molecule has 1 unspecified atom stereocenters. The van der Waals surface area contributed by atoms with Crippen molar-refractivity contribution >= 4 is 11.8 Å². The molecule has 7 nitrogen and oxygen atoms in total. The number of benzene rings is 2. The zero-order chi connectivity index (χ0) is 22.0. The van der Waals surface area contributed by atoms with Crippen LogP contribution >= 0.6 is 0 Å². The topological polar surface area (TPSA) is 89.5 Å². The zero-order valence-electron chi connectivity index (χ0n) is 17.7. The number of carbonyl (C=O) groups excluding carboxylic acids is 2. The van der Waals surface area contributed by atoms with E-state index >= 15 is 0 Å². The standard InChI is InChI=1S/C24H26N4O3/c1-16-8-9-19(10-17(16)2)21-11-22(26-25-21)24(31)28-14-20(29)13-27(23(30)15-28)12-18-6-4-3-5-7-18/h3-11,20,29H,12-15H2,1-2H3,(H,25,26). The molecule has 1 fully saturated rings. The summed E-state index contributed by atoms with van der Waals surface area (Å²) >= 11 is 0. The van der Waals surface area contributed by atoms with Gasteiger partial charge in [0.15, 0.2) is 0 Å². The molecule has 1 aromatic heterocycles. The lowest BCUT2D eigenvalue weighted by atomic mass is 10.0. The van der Waals surface area contributed by atoms with Crippen LogP contribution in [-0.4, -0.2) is 62.7 Å². The third kappa shape index (κ3) is 4.67. The van der Waals surface area contributed by atoms with Gasteiger partial charge in [-0.2, -0.15) is 5.10 Å². The summed E-state index contributed by atoms with van der Waals surface area (Å²) < 4.78 is 0. The molecule has 160 valence electrons. The summed E-state index contributed by atoms with van der Waals surface area (Å²) in [5.41, 5.74) is 5.19. The van der Waals surface area contributed by atoms with Crippen molar-refractivity contribution in [3.8, 4) is 11.3 Å². The maximum atomic E-state index is 13.0. The molecule has 0 radical (unpaired) electrons. The quantitative estimate of drug-likeness (QED) is 0.681. The van der Waals surface area contributed by atoms with E-state index in [-0.39, 0.29) is 31.4 Å². The number of amides is 2. The Balaban J connectivity index is 1.49. The van der Waals surface area contributed by atoms with Crippen molar-refractivity contribution in [1.82, 2.24) is 20.0 Å². The van der Waals surface area contributed by atoms with Gasteiger partial charge in [0.1, 0.15) is 12.2 Å². The van der Waals surface area contributed by atoms with Crippen LogP contribution in [0.5, 0.6) is 0 Å². The van der Waals surface area contributed by atoms with Gasteiger partial charge in [-0.25, -0.2) is 0 Å². The Kier molecular flexibility index (Phi) is 5.86. The molecule has 1 aliphatic heterocycles. The van der Waals surface area contributed by atoms with Crippen molar-refractivity contribution in [3.05, 3.63) is 77.0 Å². The average Bonchev–Trinajstić information content (AvgIpc) is 3.20. The van der Waals surface area contributed by atoms with E-state index in [0.29, 0.717) is 17.9 Å². The molecule has 0 spiro atoms. The van der Waals surface area contributed by atoms with Crippen molar-refractivity contribution in [3.63, 3.8) is 0 Å². The number of aromatic nitrogens is 2. The van der Waals surface area contributed by atoms with Crippen molar-refractivity contribution in [1.29, 1.82) is 0 Å². The van der Waals surface area contributed by atoms with E-state index in [0.717, 1.165) is 16.7 Å². The van der Waals surface area contributed by atoms with Crippen LogP contribution < -0.4 is 0 Å². The number of nitrogens with zero attached hydrogens (tertiary/aromatic N) is 3. The molecular weight excluding hydrogens is 392 g/mol. The largest absolute Gasteiger partial charge is 0.389 e. The van der Waals surface area contributed by atoms with Gasteiger partial charge in [-0.05, 0) is 42.7 Å². The van der Waals surface area contributed by atoms with Crippen molar-refractivity contribution in [2.75, 3.05) is 19.6 Å². The van der Waals surface area contributed by atoms with Crippen LogP contribution in [0.4, 0.5) is 0 Å². The Morgan fingerprint density at radius 3 is 2.61 bits per heavy atom. The van der Waals surface area contributed by atoms with E-state index in [4.69, 9.17) is 0 Å². The van der Waals surface area contributed by atoms with Crippen molar-refractivity contribution < 1.29 is 14.7 Å². The van der Waals surface area contributed by atoms with Crippen molar-refractivity contribution in [2.24, 2.45) is 0 Å². The molecule has 2 N–H and O–H groups in total. The minimum atomic E-state index is -0.818. The normalized spacial score (nSPS) is 17.0. The van der Waals surface area contributed by atoms with Gasteiger partial charge in [0.2, 0.25) is 5.91 Å². The molecule has 31 heavy (non-hydrogen) atoms. The lowest BCUT2D eigenvalue weighted by molar-refractivity contribution is -0.131. The monoisotopic (exact) mass is 418 g/mol. The van der Waals surface area contributed by atoms with Gasteiger partial charge in [0.05, 0.1) is 11.8 Å². The van der Waals surface area contributed by atoms with Gasteiger partial charge in [-0.1, -0.05) is 42.5 Å². The minimum absolute atomic E-state index is 0.0826. The predicted molar refractivity (Wildman–Crippen MR) is 117 cm³/mol. The number of aromatic amines is 1. The second-order valence-corrected chi connectivity index (χ2v) is 8.07. The molecule has 1 atom stereocenters. The Bertz CT molecular complexity index is 1090. The summed E-state index contributed by atoms with van der Waals surface area (Å²) in [6.45, 7) is 4.67. The highest BCUT2D eigenvalue weighted by Crippen LogP contribution is 2.22. The number of β-amino-alcohol motifs (C(OH)–C–C–N with tert-alkyl or cyclic N) is 1. The number of aryl methyl sites for hydroxylation is 2. The second kappa shape index (κ2) is 8.73. The van der Waals surface area contributed by atoms with E-state index in [9.17, 15) is 14.7 Å². The second-order valence-electron chi connectivity index (χ2n) is 8.07. The van der Waals surface area contributed by atoms with E-state index in [2.05, 4.69) is 10.2 Å². The SMILES string of the molecule is Cc1ccc(-c2cc(C(=O)N3CC(=O)N(Cc4ccccc4)CC(O)C3)[nH]n2)cc1C. The lowest BCUT2D eigenvalue weighted by Gasteiger charge is -2.21. The van der Waals surface area contributed by atoms with Gasteiger partial charge in [-0.15, -0.1) is 0 Å². The summed E-state index contributed by atoms with van der Waals surface area (Å²) in [6, 6.07) is 17.3. The first kappa shape index (κ1) is 20.8. The molecule has 4 rings (SSSR count). The minimum Gasteiger partial charge on any atom is -0.389 e. The predicted octanol–water partition coefficient (Wildman–Crippen LogP) is 2.54. The highest BCUT2D eigenvalue weighted by atomic mass is 16.3. The third-order valence-electron chi connectivity index (χ3n) is 5.66. The number of nitrogens with one attached hydrogen (secondary N) is 1. The van der Waals surface area contributed by atoms with Crippen LogP contribution in [0.1, 0.15) is 27.2 Å². The average molecular weight is 418 g/mol. The van der Waals surface area contributed by atoms with E-state index < -0.39 is 6.10 Å². The molecule has 3 aromatic rings. The van der Waals surface area contributed by atoms with E-state index in [1.807, 2.05) is 62.4 Å².